The number of carbonyl (C=O) groups is 1. The first kappa shape index (κ1) is 16.8. The van der Waals surface area contributed by atoms with Gasteiger partial charge in [0, 0.05) is 31.9 Å². The van der Waals surface area contributed by atoms with Gasteiger partial charge in [-0.2, -0.15) is 0 Å². The molecule has 1 atom stereocenters. The molecule has 3 fully saturated rings. The van der Waals surface area contributed by atoms with Crippen LogP contribution in [0.2, 0.25) is 0 Å². The number of halogens is 1. The Kier molecular flexibility index (Phi) is 4.40. The lowest BCUT2D eigenvalue weighted by atomic mass is 9.78. The van der Waals surface area contributed by atoms with Gasteiger partial charge in [-0.25, -0.2) is 9.37 Å². The number of aliphatic hydroxyl groups excluding tert-OH is 1. The third-order valence-electron chi connectivity index (χ3n) is 6.27. The van der Waals surface area contributed by atoms with E-state index in [9.17, 15) is 14.3 Å². The number of hydrogen-bond donors (Lipinski definition) is 1. The fraction of sp³-hybridized carbons (Fsp3) is 0.684. The predicted molar refractivity (Wildman–Crippen MR) is 92.7 cm³/mol. The summed E-state index contributed by atoms with van der Waals surface area (Å²) in [5.74, 6) is 0.284. The number of aliphatic hydroxyl groups is 1. The summed E-state index contributed by atoms with van der Waals surface area (Å²) in [5, 5.41) is 9.71. The summed E-state index contributed by atoms with van der Waals surface area (Å²) in [6.45, 7) is 2.10. The van der Waals surface area contributed by atoms with Crippen molar-refractivity contribution in [2.45, 2.75) is 57.1 Å². The molecule has 2 aliphatic heterocycles. The fourth-order valence-corrected chi connectivity index (χ4v) is 4.87. The van der Waals surface area contributed by atoms with E-state index in [-0.39, 0.29) is 23.9 Å². The lowest BCUT2D eigenvalue weighted by Crippen LogP contribution is -2.50. The van der Waals surface area contributed by atoms with Crippen LogP contribution in [-0.4, -0.2) is 52.7 Å². The number of piperidine rings is 1. The van der Waals surface area contributed by atoms with E-state index in [2.05, 4.69) is 4.98 Å². The Morgan fingerprint density at radius 3 is 2.76 bits per heavy atom. The summed E-state index contributed by atoms with van der Waals surface area (Å²) in [6.07, 6.45) is 7.36. The molecule has 4 rings (SSSR count). The number of likely N-dealkylation sites (tertiary alicyclic amines) is 1. The highest BCUT2D eigenvalue weighted by atomic mass is 19.1. The van der Waals surface area contributed by atoms with Gasteiger partial charge < -0.3 is 14.9 Å². The monoisotopic (exact) mass is 347 g/mol. The second kappa shape index (κ2) is 6.56. The maximum absolute atomic E-state index is 14.1. The van der Waals surface area contributed by atoms with Crippen molar-refractivity contribution in [3.05, 3.63) is 24.1 Å². The number of aromatic nitrogens is 1. The largest absolute Gasteiger partial charge is 0.393 e. The Labute approximate surface area is 147 Å². The average Bonchev–Trinajstić information content (AvgIpc) is 2.92. The third-order valence-corrected chi connectivity index (χ3v) is 6.27. The quantitative estimate of drug-likeness (QED) is 0.892. The fourth-order valence-electron chi connectivity index (χ4n) is 4.87. The van der Waals surface area contributed by atoms with E-state index in [1.165, 1.54) is 6.07 Å². The van der Waals surface area contributed by atoms with E-state index in [4.69, 9.17) is 0 Å². The zero-order valence-corrected chi connectivity index (χ0v) is 14.5. The van der Waals surface area contributed by atoms with Crippen LogP contribution in [0.25, 0.3) is 0 Å². The maximum Gasteiger partial charge on any atom is 0.230 e. The van der Waals surface area contributed by atoms with E-state index >= 15 is 0 Å². The highest BCUT2D eigenvalue weighted by molar-refractivity contribution is 5.86. The standard InChI is InChI=1S/C19H26FN3O2/c20-16-3-1-10-21-17(16)22-11-2-8-19(13-22)9-12-23(18(19)25)14-4-6-15(24)7-5-14/h1,3,10,14-15,24H,2,4-9,11-13H2/t14?,15?,19-/m0/s1. The molecule has 1 aromatic rings. The van der Waals surface area contributed by atoms with Crippen LogP contribution in [0.15, 0.2) is 18.3 Å². The number of rotatable bonds is 2. The topological polar surface area (TPSA) is 56.7 Å². The number of pyridine rings is 1. The van der Waals surface area contributed by atoms with Gasteiger partial charge in [-0.3, -0.25) is 4.79 Å². The van der Waals surface area contributed by atoms with Gasteiger partial charge in [0.1, 0.15) is 0 Å². The van der Waals surface area contributed by atoms with Crippen molar-refractivity contribution < 1.29 is 14.3 Å². The molecule has 136 valence electrons. The Morgan fingerprint density at radius 1 is 1.20 bits per heavy atom. The van der Waals surface area contributed by atoms with Gasteiger partial charge >= 0.3 is 0 Å². The number of anilines is 1. The van der Waals surface area contributed by atoms with E-state index in [1.807, 2.05) is 9.80 Å². The van der Waals surface area contributed by atoms with Crippen LogP contribution in [0.3, 0.4) is 0 Å². The van der Waals surface area contributed by atoms with Gasteiger partial charge in [-0.05, 0) is 57.1 Å². The van der Waals surface area contributed by atoms with Crippen LogP contribution in [0.1, 0.15) is 44.9 Å². The second-order valence-corrected chi connectivity index (χ2v) is 7.83. The van der Waals surface area contributed by atoms with E-state index in [0.717, 1.165) is 58.0 Å². The van der Waals surface area contributed by atoms with E-state index in [0.29, 0.717) is 12.4 Å². The van der Waals surface area contributed by atoms with Gasteiger partial charge in [-0.1, -0.05) is 0 Å². The lowest BCUT2D eigenvalue weighted by Gasteiger charge is -2.41. The van der Waals surface area contributed by atoms with E-state index < -0.39 is 5.41 Å². The van der Waals surface area contributed by atoms with Gasteiger partial charge in [0.2, 0.25) is 5.91 Å². The molecule has 0 aromatic carbocycles. The molecule has 6 heteroatoms. The van der Waals surface area contributed by atoms with Gasteiger partial charge in [0.05, 0.1) is 11.5 Å². The highest BCUT2D eigenvalue weighted by Gasteiger charge is 2.51. The number of hydrogen-bond acceptors (Lipinski definition) is 4. The second-order valence-electron chi connectivity index (χ2n) is 7.83. The minimum atomic E-state index is -0.391. The smallest absolute Gasteiger partial charge is 0.230 e. The van der Waals surface area contributed by atoms with Crippen molar-refractivity contribution in [2.75, 3.05) is 24.5 Å². The van der Waals surface area contributed by atoms with Gasteiger partial charge in [0.15, 0.2) is 11.6 Å². The van der Waals surface area contributed by atoms with Crippen molar-refractivity contribution in [1.29, 1.82) is 0 Å². The first-order chi connectivity index (χ1) is 12.1. The van der Waals surface area contributed by atoms with Gasteiger partial charge in [-0.15, -0.1) is 0 Å². The summed E-state index contributed by atoms with van der Waals surface area (Å²) in [6, 6.07) is 3.29. The molecule has 2 saturated heterocycles. The molecule has 1 saturated carbocycles. The van der Waals surface area contributed by atoms with Crippen LogP contribution in [0, 0.1) is 11.2 Å². The summed E-state index contributed by atoms with van der Waals surface area (Å²) < 4.78 is 14.1. The Bertz CT molecular complexity index is 647. The molecule has 1 aromatic heterocycles. The highest BCUT2D eigenvalue weighted by Crippen LogP contribution is 2.43. The van der Waals surface area contributed by atoms with Crippen LogP contribution in [0.5, 0.6) is 0 Å². The SMILES string of the molecule is O=C1N(C2CCC(O)CC2)CC[C@]12CCCN(c1ncccc1F)C2. The molecule has 1 amide bonds. The number of amides is 1. The summed E-state index contributed by atoms with van der Waals surface area (Å²) >= 11 is 0. The van der Waals surface area contributed by atoms with Crippen molar-refractivity contribution >= 4 is 11.7 Å². The lowest BCUT2D eigenvalue weighted by molar-refractivity contribution is -0.139. The minimum absolute atomic E-state index is 0.208. The molecule has 25 heavy (non-hydrogen) atoms. The molecular weight excluding hydrogens is 321 g/mol. The van der Waals surface area contributed by atoms with Crippen molar-refractivity contribution in [2.24, 2.45) is 5.41 Å². The molecule has 5 nitrogen and oxygen atoms in total. The van der Waals surface area contributed by atoms with Crippen molar-refractivity contribution in [1.82, 2.24) is 9.88 Å². The van der Waals surface area contributed by atoms with Gasteiger partial charge in [0.25, 0.3) is 0 Å². The Balaban J connectivity index is 1.50. The van der Waals surface area contributed by atoms with Crippen LogP contribution in [0.4, 0.5) is 10.2 Å². The molecule has 0 radical (unpaired) electrons. The summed E-state index contributed by atoms with van der Waals surface area (Å²) in [7, 11) is 0. The first-order valence-electron chi connectivity index (χ1n) is 9.44. The van der Waals surface area contributed by atoms with Crippen LogP contribution < -0.4 is 4.90 Å². The van der Waals surface area contributed by atoms with Crippen molar-refractivity contribution in [3.8, 4) is 0 Å². The first-order valence-corrected chi connectivity index (χ1v) is 9.44. The van der Waals surface area contributed by atoms with E-state index in [1.54, 1.807) is 12.3 Å². The number of nitrogens with zero attached hydrogens (tertiary/aromatic N) is 3. The zero-order chi connectivity index (χ0) is 17.4. The summed E-state index contributed by atoms with van der Waals surface area (Å²) in [5.41, 5.74) is -0.391. The maximum atomic E-state index is 14.1. The molecule has 1 N–H and O–H groups in total. The molecular formula is C19H26FN3O2. The van der Waals surface area contributed by atoms with Crippen LogP contribution >= 0.6 is 0 Å². The third kappa shape index (κ3) is 3.01. The Morgan fingerprint density at radius 2 is 2.00 bits per heavy atom. The molecule has 1 spiro atoms. The molecule has 3 aliphatic rings. The average molecular weight is 347 g/mol. The minimum Gasteiger partial charge on any atom is -0.393 e. The number of carbonyl (C=O) groups excluding carboxylic acids is 1. The summed E-state index contributed by atoms with van der Waals surface area (Å²) in [4.78, 5) is 21.4. The molecule has 0 unspecified atom stereocenters. The normalized spacial score (nSPS) is 33.3. The zero-order valence-electron chi connectivity index (χ0n) is 14.5. The molecule has 1 aliphatic carbocycles. The Hall–Kier alpha value is -1.69. The predicted octanol–water partition coefficient (Wildman–Crippen LogP) is 2.34. The molecule has 3 heterocycles. The molecule has 0 bridgehead atoms. The van der Waals surface area contributed by atoms with Crippen LogP contribution in [-0.2, 0) is 4.79 Å². The van der Waals surface area contributed by atoms with Crippen molar-refractivity contribution in [3.63, 3.8) is 0 Å².